The predicted molar refractivity (Wildman–Crippen MR) is 97.5 cm³/mol. The highest BCUT2D eigenvalue weighted by Gasteiger charge is 2.45. The third-order valence-corrected chi connectivity index (χ3v) is 5.79. The summed E-state index contributed by atoms with van der Waals surface area (Å²) in [5.41, 5.74) is 1.06. The van der Waals surface area contributed by atoms with Gasteiger partial charge in [-0.05, 0) is 42.2 Å². The molecule has 0 aromatic heterocycles. The van der Waals surface area contributed by atoms with E-state index in [2.05, 4.69) is 5.32 Å². The Morgan fingerprint density at radius 3 is 2.44 bits per heavy atom. The van der Waals surface area contributed by atoms with Crippen LogP contribution in [0.15, 0.2) is 48.5 Å². The maximum absolute atomic E-state index is 13.5. The first-order chi connectivity index (χ1) is 12.1. The normalized spacial score (nSPS) is 15.4. The van der Waals surface area contributed by atoms with Crippen LogP contribution in [-0.4, -0.2) is 18.2 Å². The van der Waals surface area contributed by atoms with Crippen molar-refractivity contribution in [1.82, 2.24) is 5.32 Å². The smallest absolute Gasteiger partial charge is 0.230 e. The maximum Gasteiger partial charge on any atom is 0.230 e. The summed E-state index contributed by atoms with van der Waals surface area (Å²) in [7, 11) is 0. The molecule has 5 heteroatoms. The van der Waals surface area contributed by atoms with Crippen molar-refractivity contribution >= 4 is 17.7 Å². The van der Waals surface area contributed by atoms with E-state index in [4.69, 9.17) is 0 Å². The Morgan fingerprint density at radius 2 is 1.80 bits per heavy atom. The first kappa shape index (κ1) is 17.9. The van der Waals surface area contributed by atoms with Crippen LogP contribution >= 0.6 is 11.8 Å². The fourth-order valence-corrected chi connectivity index (χ4v) is 3.99. The molecule has 1 saturated carbocycles. The molecule has 0 radical (unpaired) electrons. The van der Waals surface area contributed by atoms with Gasteiger partial charge in [-0.25, -0.2) is 8.78 Å². The highest BCUT2D eigenvalue weighted by Crippen LogP contribution is 2.43. The van der Waals surface area contributed by atoms with Gasteiger partial charge in [0, 0.05) is 18.1 Å². The number of halogens is 2. The molecule has 1 aliphatic carbocycles. The van der Waals surface area contributed by atoms with Crippen LogP contribution in [0.3, 0.4) is 0 Å². The van der Waals surface area contributed by atoms with Crippen molar-refractivity contribution in [1.29, 1.82) is 0 Å². The number of amides is 1. The van der Waals surface area contributed by atoms with Gasteiger partial charge in [0.05, 0.1) is 5.41 Å². The zero-order chi connectivity index (χ0) is 17.7. The molecule has 0 spiro atoms. The summed E-state index contributed by atoms with van der Waals surface area (Å²) in [4.78, 5) is 12.6. The van der Waals surface area contributed by atoms with E-state index in [-0.39, 0.29) is 17.5 Å². The molecule has 2 nitrogen and oxygen atoms in total. The van der Waals surface area contributed by atoms with Crippen molar-refractivity contribution in [2.75, 3.05) is 12.3 Å². The molecule has 2 aromatic rings. The van der Waals surface area contributed by atoms with E-state index < -0.39 is 5.41 Å². The van der Waals surface area contributed by atoms with E-state index >= 15 is 0 Å². The summed E-state index contributed by atoms with van der Waals surface area (Å²) in [6.45, 7) is 0.543. The SMILES string of the molecule is O=C(NCCSCc1ccccc1F)C1(c2ccc(F)cc2)CCC1. The lowest BCUT2D eigenvalue weighted by Gasteiger charge is -2.40. The summed E-state index contributed by atoms with van der Waals surface area (Å²) in [6.07, 6.45) is 2.60. The van der Waals surface area contributed by atoms with Crippen LogP contribution in [-0.2, 0) is 16.0 Å². The molecule has 3 rings (SSSR count). The highest BCUT2D eigenvalue weighted by atomic mass is 32.2. The van der Waals surface area contributed by atoms with E-state index in [1.807, 2.05) is 6.07 Å². The first-order valence-corrected chi connectivity index (χ1v) is 9.63. The van der Waals surface area contributed by atoms with Gasteiger partial charge in [0.2, 0.25) is 5.91 Å². The molecule has 0 unspecified atom stereocenters. The highest BCUT2D eigenvalue weighted by molar-refractivity contribution is 7.98. The average molecular weight is 361 g/mol. The number of carbonyl (C=O) groups is 1. The van der Waals surface area contributed by atoms with Gasteiger partial charge < -0.3 is 5.32 Å². The van der Waals surface area contributed by atoms with Crippen LogP contribution in [0.2, 0.25) is 0 Å². The second kappa shape index (κ2) is 8.00. The van der Waals surface area contributed by atoms with Gasteiger partial charge in [-0.1, -0.05) is 36.8 Å². The molecule has 0 bridgehead atoms. The molecule has 0 saturated heterocycles. The van der Waals surface area contributed by atoms with Crippen molar-refractivity contribution in [3.8, 4) is 0 Å². The minimum Gasteiger partial charge on any atom is -0.355 e. The largest absolute Gasteiger partial charge is 0.355 e. The molecular weight excluding hydrogens is 340 g/mol. The molecule has 1 aliphatic rings. The summed E-state index contributed by atoms with van der Waals surface area (Å²) < 4.78 is 26.7. The van der Waals surface area contributed by atoms with Crippen molar-refractivity contribution in [2.45, 2.75) is 30.4 Å². The summed E-state index contributed by atoms with van der Waals surface area (Å²) >= 11 is 1.59. The van der Waals surface area contributed by atoms with Gasteiger partial charge in [-0.2, -0.15) is 11.8 Å². The summed E-state index contributed by atoms with van der Waals surface area (Å²) in [5, 5.41) is 2.99. The van der Waals surface area contributed by atoms with Gasteiger partial charge in [-0.3, -0.25) is 4.79 Å². The average Bonchev–Trinajstić information content (AvgIpc) is 2.57. The fraction of sp³-hybridized carbons (Fsp3) is 0.350. The molecule has 0 atom stereocenters. The van der Waals surface area contributed by atoms with E-state index in [1.165, 1.54) is 18.2 Å². The van der Waals surface area contributed by atoms with Gasteiger partial charge in [-0.15, -0.1) is 0 Å². The second-order valence-corrected chi connectivity index (χ2v) is 7.45. The molecule has 0 heterocycles. The molecular formula is C20H21F2NOS. The Balaban J connectivity index is 1.48. The lowest BCUT2D eigenvalue weighted by atomic mass is 9.64. The van der Waals surface area contributed by atoms with E-state index in [0.717, 1.165) is 30.6 Å². The molecule has 1 fully saturated rings. The van der Waals surface area contributed by atoms with Crippen LogP contribution in [0.1, 0.15) is 30.4 Å². The minimum absolute atomic E-state index is 0.0110. The van der Waals surface area contributed by atoms with E-state index in [9.17, 15) is 13.6 Å². The zero-order valence-electron chi connectivity index (χ0n) is 13.9. The van der Waals surface area contributed by atoms with Crippen LogP contribution in [0.25, 0.3) is 0 Å². The van der Waals surface area contributed by atoms with E-state index in [1.54, 1.807) is 36.0 Å². The third kappa shape index (κ3) is 4.03. The third-order valence-electron chi connectivity index (χ3n) is 4.79. The number of rotatable bonds is 7. The fourth-order valence-electron chi connectivity index (χ4n) is 3.15. The second-order valence-electron chi connectivity index (χ2n) is 6.34. The van der Waals surface area contributed by atoms with Gasteiger partial charge in [0.25, 0.3) is 0 Å². The first-order valence-electron chi connectivity index (χ1n) is 8.47. The van der Waals surface area contributed by atoms with Crippen LogP contribution in [0.4, 0.5) is 8.78 Å². The van der Waals surface area contributed by atoms with E-state index in [0.29, 0.717) is 17.9 Å². The predicted octanol–water partition coefficient (Wildman–Crippen LogP) is 4.44. The number of hydrogen-bond acceptors (Lipinski definition) is 2. The maximum atomic E-state index is 13.5. The molecule has 0 aliphatic heterocycles. The monoisotopic (exact) mass is 361 g/mol. The minimum atomic E-state index is -0.510. The Bertz CT molecular complexity index is 729. The number of hydrogen-bond donors (Lipinski definition) is 1. The van der Waals surface area contributed by atoms with Gasteiger partial charge in [0.1, 0.15) is 11.6 Å². The van der Waals surface area contributed by atoms with Crippen LogP contribution < -0.4 is 5.32 Å². The number of thioether (sulfide) groups is 1. The number of nitrogens with one attached hydrogen (secondary N) is 1. The van der Waals surface area contributed by atoms with Crippen LogP contribution in [0, 0.1) is 11.6 Å². The lowest BCUT2D eigenvalue weighted by Crippen LogP contribution is -2.49. The Kier molecular flexibility index (Phi) is 5.74. The number of benzene rings is 2. The number of carbonyl (C=O) groups excluding carboxylic acids is 1. The molecule has 132 valence electrons. The Labute approximate surface area is 151 Å². The molecule has 1 amide bonds. The van der Waals surface area contributed by atoms with Crippen LogP contribution in [0.5, 0.6) is 0 Å². The molecule has 2 aromatic carbocycles. The van der Waals surface area contributed by atoms with Gasteiger partial charge >= 0.3 is 0 Å². The quantitative estimate of drug-likeness (QED) is 0.739. The standard InChI is InChI=1S/C20H21F2NOS/c21-17-8-6-16(7-9-17)20(10-3-11-20)19(24)23-12-13-25-14-15-4-1-2-5-18(15)22/h1-2,4-9H,3,10-14H2,(H,23,24). The van der Waals surface area contributed by atoms with Crippen molar-refractivity contribution in [3.05, 3.63) is 71.3 Å². The van der Waals surface area contributed by atoms with Crippen molar-refractivity contribution in [2.24, 2.45) is 0 Å². The zero-order valence-corrected chi connectivity index (χ0v) is 14.8. The summed E-state index contributed by atoms with van der Waals surface area (Å²) in [6, 6.07) is 13.0. The molecule has 25 heavy (non-hydrogen) atoms. The lowest BCUT2D eigenvalue weighted by molar-refractivity contribution is -0.129. The van der Waals surface area contributed by atoms with Crippen molar-refractivity contribution < 1.29 is 13.6 Å². The Hall–Kier alpha value is -1.88. The molecule has 1 N–H and O–H groups in total. The van der Waals surface area contributed by atoms with Gasteiger partial charge in [0.15, 0.2) is 0 Å². The van der Waals surface area contributed by atoms with Crippen molar-refractivity contribution in [3.63, 3.8) is 0 Å². The summed E-state index contributed by atoms with van der Waals surface area (Å²) in [5.74, 6) is 0.842. The Morgan fingerprint density at radius 1 is 1.08 bits per heavy atom. The topological polar surface area (TPSA) is 29.1 Å².